The molecule has 1 amide bonds. The van der Waals surface area contributed by atoms with E-state index in [1.807, 2.05) is 79.1 Å². The van der Waals surface area contributed by atoms with Gasteiger partial charge in [0.25, 0.3) is 5.91 Å². The minimum Gasteiger partial charge on any atom is -0.497 e. The molecular formula is C36H29FN4O2S. The van der Waals surface area contributed by atoms with Crippen molar-refractivity contribution in [1.82, 2.24) is 14.5 Å². The number of thioether (sulfide) groups is 1. The fourth-order valence-electron chi connectivity index (χ4n) is 5.56. The number of benzene rings is 4. The molecule has 0 aliphatic carbocycles. The van der Waals surface area contributed by atoms with Crippen LogP contribution in [-0.4, -0.2) is 39.2 Å². The SMILES string of the molecule is COc1ccc(N=C2SC(=Cc3ccc4c(ccn4Cc4cccc(F)c4)c3)C(=O)N2CCc2c[nH]c3ccccc23)cc1. The number of nitrogens with zero attached hydrogens (tertiary/aromatic N) is 3. The molecule has 6 nitrogen and oxygen atoms in total. The van der Waals surface area contributed by atoms with Crippen molar-refractivity contribution in [1.29, 1.82) is 0 Å². The highest BCUT2D eigenvalue weighted by Crippen LogP contribution is 2.35. The van der Waals surface area contributed by atoms with Gasteiger partial charge in [0.1, 0.15) is 11.6 Å². The Morgan fingerprint density at radius 1 is 0.977 bits per heavy atom. The first-order valence-electron chi connectivity index (χ1n) is 14.4. The molecule has 1 aliphatic heterocycles. The van der Waals surface area contributed by atoms with Crippen molar-refractivity contribution < 1.29 is 13.9 Å². The second kappa shape index (κ2) is 11.9. The van der Waals surface area contributed by atoms with Gasteiger partial charge in [-0.1, -0.05) is 36.4 Å². The van der Waals surface area contributed by atoms with Gasteiger partial charge >= 0.3 is 0 Å². The molecule has 0 saturated carbocycles. The molecule has 44 heavy (non-hydrogen) atoms. The fourth-order valence-corrected chi connectivity index (χ4v) is 6.58. The van der Waals surface area contributed by atoms with Gasteiger partial charge < -0.3 is 14.3 Å². The molecule has 3 heterocycles. The summed E-state index contributed by atoms with van der Waals surface area (Å²) in [4.78, 5) is 24.4. The Morgan fingerprint density at radius 2 is 1.84 bits per heavy atom. The highest BCUT2D eigenvalue weighted by atomic mass is 32.2. The van der Waals surface area contributed by atoms with Gasteiger partial charge in [-0.2, -0.15) is 0 Å². The Morgan fingerprint density at radius 3 is 2.68 bits per heavy atom. The van der Waals surface area contributed by atoms with E-state index in [9.17, 15) is 9.18 Å². The van der Waals surface area contributed by atoms with E-state index in [0.717, 1.165) is 49.9 Å². The van der Waals surface area contributed by atoms with Crippen LogP contribution in [0.4, 0.5) is 10.1 Å². The van der Waals surface area contributed by atoms with Crippen LogP contribution in [-0.2, 0) is 17.8 Å². The molecule has 8 heteroatoms. The number of methoxy groups -OCH3 is 1. The van der Waals surface area contributed by atoms with E-state index in [4.69, 9.17) is 9.73 Å². The second-order valence-corrected chi connectivity index (χ2v) is 11.7. The van der Waals surface area contributed by atoms with Gasteiger partial charge in [0.05, 0.1) is 17.7 Å². The first-order chi connectivity index (χ1) is 21.5. The summed E-state index contributed by atoms with van der Waals surface area (Å²) in [7, 11) is 1.63. The number of amides is 1. The van der Waals surface area contributed by atoms with Gasteiger partial charge in [0.15, 0.2) is 5.17 Å². The number of aromatic nitrogens is 2. The number of H-pyrrole nitrogens is 1. The number of amidine groups is 1. The number of carbonyl (C=O) groups is 1. The molecule has 4 aromatic carbocycles. The van der Waals surface area contributed by atoms with E-state index < -0.39 is 0 Å². The molecule has 1 N–H and O–H groups in total. The molecular weight excluding hydrogens is 571 g/mol. The lowest BCUT2D eigenvalue weighted by molar-refractivity contribution is -0.122. The number of hydrogen-bond acceptors (Lipinski definition) is 4. The van der Waals surface area contributed by atoms with Crippen LogP contribution in [0.25, 0.3) is 27.9 Å². The summed E-state index contributed by atoms with van der Waals surface area (Å²) in [5.74, 6) is 0.448. The zero-order chi connectivity index (χ0) is 30.0. The quantitative estimate of drug-likeness (QED) is 0.179. The molecule has 1 aliphatic rings. The van der Waals surface area contributed by atoms with Crippen LogP contribution < -0.4 is 4.74 Å². The maximum atomic E-state index is 13.8. The van der Waals surface area contributed by atoms with Crippen molar-refractivity contribution in [3.63, 3.8) is 0 Å². The minimum absolute atomic E-state index is 0.0640. The summed E-state index contributed by atoms with van der Waals surface area (Å²) in [5.41, 5.74) is 5.87. The summed E-state index contributed by atoms with van der Waals surface area (Å²) in [6.45, 7) is 1.08. The Labute approximate surface area is 258 Å². The lowest BCUT2D eigenvalue weighted by atomic mass is 10.1. The van der Waals surface area contributed by atoms with Crippen LogP contribution in [0, 0.1) is 5.82 Å². The molecule has 0 atom stereocenters. The highest BCUT2D eigenvalue weighted by Gasteiger charge is 2.33. The van der Waals surface area contributed by atoms with Crippen molar-refractivity contribution in [3.05, 3.63) is 137 Å². The number of carbonyl (C=O) groups excluding carboxylic acids is 1. The molecule has 218 valence electrons. The number of para-hydroxylation sites is 1. The van der Waals surface area contributed by atoms with Crippen molar-refractivity contribution in [2.24, 2.45) is 4.99 Å². The second-order valence-electron chi connectivity index (χ2n) is 10.7. The van der Waals surface area contributed by atoms with Gasteiger partial charge in [-0.05, 0) is 102 Å². The molecule has 6 aromatic rings. The number of nitrogens with one attached hydrogen (secondary N) is 1. The van der Waals surface area contributed by atoms with E-state index >= 15 is 0 Å². The van der Waals surface area contributed by atoms with Crippen molar-refractivity contribution in [3.8, 4) is 5.75 Å². The Bertz CT molecular complexity index is 2060. The molecule has 0 unspecified atom stereocenters. The normalized spacial score (nSPS) is 15.3. The first kappa shape index (κ1) is 27.7. The number of fused-ring (bicyclic) bond motifs is 2. The zero-order valence-electron chi connectivity index (χ0n) is 24.0. The zero-order valence-corrected chi connectivity index (χ0v) is 24.9. The predicted molar refractivity (Wildman–Crippen MR) is 177 cm³/mol. The third kappa shape index (κ3) is 5.64. The van der Waals surface area contributed by atoms with E-state index in [1.165, 1.54) is 17.8 Å². The summed E-state index contributed by atoms with van der Waals surface area (Å²) in [6.07, 6.45) is 6.65. The molecule has 1 saturated heterocycles. The Hall–Kier alpha value is -5.08. The maximum Gasteiger partial charge on any atom is 0.266 e. The average molecular weight is 601 g/mol. The number of hydrogen-bond donors (Lipinski definition) is 1. The molecule has 0 bridgehead atoms. The smallest absolute Gasteiger partial charge is 0.266 e. The van der Waals surface area contributed by atoms with E-state index in [0.29, 0.717) is 29.6 Å². The minimum atomic E-state index is -0.239. The van der Waals surface area contributed by atoms with Gasteiger partial charge in [-0.15, -0.1) is 0 Å². The largest absolute Gasteiger partial charge is 0.497 e. The van der Waals surface area contributed by atoms with Crippen molar-refractivity contribution in [2.45, 2.75) is 13.0 Å². The number of ether oxygens (including phenoxy) is 1. The van der Waals surface area contributed by atoms with Gasteiger partial charge in [-0.25, -0.2) is 9.38 Å². The molecule has 0 radical (unpaired) electrons. The number of aromatic amines is 1. The molecule has 2 aromatic heterocycles. The van der Waals surface area contributed by atoms with Crippen LogP contribution in [0.3, 0.4) is 0 Å². The number of aliphatic imine (C=N–C) groups is 1. The van der Waals surface area contributed by atoms with Crippen LogP contribution in [0.5, 0.6) is 5.75 Å². The third-order valence-electron chi connectivity index (χ3n) is 7.80. The van der Waals surface area contributed by atoms with Crippen LogP contribution in [0.1, 0.15) is 16.7 Å². The van der Waals surface area contributed by atoms with E-state index in [2.05, 4.69) is 27.8 Å². The number of halogens is 1. The summed E-state index contributed by atoms with van der Waals surface area (Å²) in [5, 5.41) is 2.86. The standard InChI is InChI=1S/C36H29FN4O2S/c1-43-30-12-10-29(11-13-30)39-36-41(18-16-27-22-38-32-8-3-2-7-31(27)32)35(42)34(44-36)21-24-9-14-33-26(19-24)15-17-40(33)23-25-5-4-6-28(37)20-25/h2-15,17,19-22,38H,16,18,23H2,1H3. The number of rotatable bonds is 8. The Kier molecular flexibility index (Phi) is 7.50. The van der Waals surface area contributed by atoms with Crippen LogP contribution in [0.15, 0.2) is 119 Å². The lowest BCUT2D eigenvalue weighted by Gasteiger charge is -2.15. The average Bonchev–Trinajstić information content (AvgIpc) is 3.72. The monoisotopic (exact) mass is 600 g/mol. The van der Waals surface area contributed by atoms with Crippen LogP contribution in [0.2, 0.25) is 0 Å². The fraction of sp³-hybridized carbons (Fsp3) is 0.111. The van der Waals surface area contributed by atoms with Gasteiger partial charge in [0, 0.05) is 47.3 Å². The highest BCUT2D eigenvalue weighted by molar-refractivity contribution is 8.18. The van der Waals surface area contributed by atoms with Gasteiger partial charge in [-0.3, -0.25) is 9.69 Å². The summed E-state index contributed by atoms with van der Waals surface area (Å²) >= 11 is 1.39. The molecule has 7 rings (SSSR count). The lowest BCUT2D eigenvalue weighted by Crippen LogP contribution is -2.31. The Balaban J connectivity index is 1.17. The third-order valence-corrected chi connectivity index (χ3v) is 8.81. The predicted octanol–water partition coefficient (Wildman–Crippen LogP) is 8.17. The van der Waals surface area contributed by atoms with Crippen molar-refractivity contribution in [2.75, 3.05) is 13.7 Å². The summed E-state index contributed by atoms with van der Waals surface area (Å²) in [6, 6.07) is 30.5. The molecule has 1 fully saturated rings. The van der Waals surface area contributed by atoms with E-state index in [-0.39, 0.29) is 11.7 Å². The first-order valence-corrected chi connectivity index (χ1v) is 15.2. The van der Waals surface area contributed by atoms with E-state index in [1.54, 1.807) is 24.1 Å². The molecule has 0 spiro atoms. The summed E-state index contributed by atoms with van der Waals surface area (Å²) < 4.78 is 21.1. The van der Waals surface area contributed by atoms with Gasteiger partial charge in [0.2, 0.25) is 0 Å². The van der Waals surface area contributed by atoms with Crippen molar-refractivity contribution >= 4 is 56.4 Å². The van der Waals surface area contributed by atoms with Crippen LogP contribution >= 0.6 is 11.8 Å². The maximum absolute atomic E-state index is 13.8. The topological polar surface area (TPSA) is 62.6 Å².